The lowest BCUT2D eigenvalue weighted by Crippen LogP contribution is -2.25. The summed E-state index contributed by atoms with van der Waals surface area (Å²) in [5.74, 6) is -0.0723. The van der Waals surface area contributed by atoms with E-state index in [1.54, 1.807) is 12.1 Å². The molecule has 0 saturated carbocycles. The zero-order valence-corrected chi connectivity index (χ0v) is 11.3. The third kappa shape index (κ3) is 4.27. The van der Waals surface area contributed by atoms with Gasteiger partial charge in [-0.25, -0.2) is 4.39 Å². The monoisotopic (exact) mass is 255 g/mol. The quantitative estimate of drug-likeness (QED) is 0.724. The van der Waals surface area contributed by atoms with Gasteiger partial charge in [-0.05, 0) is 30.7 Å². The van der Waals surface area contributed by atoms with Crippen LogP contribution in [0.2, 0.25) is 0 Å². The minimum atomic E-state index is -0.342. The maximum absolute atomic E-state index is 13.3. The van der Waals surface area contributed by atoms with E-state index in [-0.39, 0.29) is 17.6 Å². The van der Waals surface area contributed by atoms with Crippen LogP contribution in [0.25, 0.3) is 0 Å². The molecule has 1 aromatic rings. The smallest absolute Gasteiger partial charge is 0.165 e. The Kier molecular flexibility index (Phi) is 6.68. The SMILES string of the molecule is CCCOCC(NCC)c1ccc(F)c(OC)c1. The molecule has 0 aromatic heterocycles. The van der Waals surface area contributed by atoms with E-state index in [4.69, 9.17) is 9.47 Å². The highest BCUT2D eigenvalue weighted by atomic mass is 19.1. The summed E-state index contributed by atoms with van der Waals surface area (Å²) in [5.41, 5.74) is 0.978. The molecular formula is C14H22FNO2. The summed E-state index contributed by atoms with van der Waals surface area (Å²) >= 11 is 0. The maximum atomic E-state index is 13.3. The van der Waals surface area contributed by atoms with E-state index >= 15 is 0 Å². The molecule has 0 aliphatic rings. The molecule has 0 spiro atoms. The molecule has 1 atom stereocenters. The molecule has 0 fully saturated rings. The number of benzene rings is 1. The average molecular weight is 255 g/mol. The van der Waals surface area contributed by atoms with Crippen molar-refractivity contribution < 1.29 is 13.9 Å². The van der Waals surface area contributed by atoms with Crippen LogP contribution in [-0.2, 0) is 4.74 Å². The van der Waals surface area contributed by atoms with Crippen molar-refractivity contribution in [1.29, 1.82) is 0 Å². The Balaban J connectivity index is 2.77. The van der Waals surface area contributed by atoms with Crippen molar-refractivity contribution in [2.24, 2.45) is 0 Å². The maximum Gasteiger partial charge on any atom is 0.165 e. The highest BCUT2D eigenvalue weighted by molar-refractivity contribution is 5.32. The highest BCUT2D eigenvalue weighted by Gasteiger charge is 2.13. The summed E-state index contributed by atoms with van der Waals surface area (Å²) in [5, 5.41) is 3.33. The average Bonchev–Trinajstić information content (AvgIpc) is 2.39. The molecule has 1 aromatic carbocycles. The van der Waals surface area contributed by atoms with Crippen LogP contribution >= 0.6 is 0 Å². The lowest BCUT2D eigenvalue weighted by molar-refractivity contribution is 0.112. The van der Waals surface area contributed by atoms with Crippen LogP contribution < -0.4 is 10.1 Å². The van der Waals surface area contributed by atoms with Crippen molar-refractivity contribution in [3.63, 3.8) is 0 Å². The third-order valence-corrected chi connectivity index (χ3v) is 2.66. The van der Waals surface area contributed by atoms with Gasteiger partial charge >= 0.3 is 0 Å². The van der Waals surface area contributed by atoms with Crippen molar-refractivity contribution >= 4 is 0 Å². The van der Waals surface area contributed by atoms with Crippen molar-refractivity contribution in [2.45, 2.75) is 26.3 Å². The molecule has 1 N–H and O–H groups in total. The molecule has 0 bridgehead atoms. The minimum Gasteiger partial charge on any atom is -0.494 e. The second kappa shape index (κ2) is 8.06. The predicted molar refractivity (Wildman–Crippen MR) is 70.5 cm³/mol. The zero-order valence-electron chi connectivity index (χ0n) is 11.3. The second-order valence-electron chi connectivity index (χ2n) is 4.08. The molecule has 0 radical (unpaired) electrons. The zero-order chi connectivity index (χ0) is 13.4. The standard InChI is InChI=1S/C14H22FNO2/c1-4-8-18-10-13(16-5-2)11-6-7-12(15)14(9-11)17-3/h6-7,9,13,16H,4-5,8,10H2,1-3H3. The van der Waals surface area contributed by atoms with E-state index in [0.29, 0.717) is 6.61 Å². The fraction of sp³-hybridized carbons (Fsp3) is 0.571. The van der Waals surface area contributed by atoms with Gasteiger partial charge in [0.15, 0.2) is 11.6 Å². The number of hydrogen-bond acceptors (Lipinski definition) is 3. The van der Waals surface area contributed by atoms with Crippen LogP contribution in [0.1, 0.15) is 31.9 Å². The summed E-state index contributed by atoms with van der Waals surface area (Å²) in [7, 11) is 1.47. The van der Waals surface area contributed by atoms with E-state index in [1.807, 2.05) is 6.92 Å². The van der Waals surface area contributed by atoms with Gasteiger partial charge in [0.2, 0.25) is 0 Å². The molecule has 1 unspecified atom stereocenters. The van der Waals surface area contributed by atoms with Gasteiger partial charge in [0.25, 0.3) is 0 Å². The summed E-state index contributed by atoms with van der Waals surface area (Å²) < 4.78 is 23.9. The first-order chi connectivity index (χ1) is 8.72. The number of ether oxygens (including phenoxy) is 2. The van der Waals surface area contributed by atoms with Crippen molar-refractivity contribution in [3.05, 3.63) is 29.6 Å². The van der Waals surface area contributed by atoms with Crippen LogP contribution in [0.4, 0.5) is 4.39 Å². The van der Waals surface area contributed by atoms with Crippen LogP contribution in [0, 0.1) is 5.82 Å². The summed E-state index contributed by atoms with van der Waals surface area (Å²) in [6, 6.07) is 4.98. The Morgan fingerprint density at radius 2 is 2.11 bits per heavy atom. The van der Waals surface area contributed by atoms with E-state index in [2.05, 4.69) is 12.2 Å². The van der Waals surface area contributed by atoms with Crippen molar-refractivity contribution in [2.75, 3.05) is 26.9 Å². The summed E-state index contributed by atoms with van der Waals surface area (Å²) in [6.45, 7) is 6.26. The van der Waals surface area contributed by atoms with Gasteiger partial charge in [0.05, 0.1) is 19.8 Å². The second-order valence-corrected chi connectivity index (χ2v) is 4.08. The molecule has 0 heterocycles. The largest absolute Gasteiger partial charge is 0.494 e. The number of hydrogen-bond donors (Lipinski definition) is 1. The van der Waals surface area contributed by atoms with Gasteiger partial charge in [0, 0.05) is 6.61 Å². The number of nitrogens with one attached hydrogen (secondary N) is 1. The predicted octanol–water partition coefficient (Wildman–Crippen LogP) is 2.91. The van der Waals surface area contributed by atoms with Gasteiger partial charge in [-0.1, -0.05) is 19.9 Å². The summed E-state index contributed by atoms with van der Waals surface area (Å²) in [6.07, 6.45) is 0.992. The number of rotatable bonds is 8. The molecular weight excluding hydrogens is 233 g/mol. The van der Waals surface area contributed by atoms with E-state index < -0.39 is 0 Å². The molecule has 102 valence electrons. The van der Waals surface area contributed by atoms with Crippen LogP contribution in [0.3, 0.4) is 0 Å². The van der Waals surface area contributed by atoms with Gasteiger partial charge < -0.3 is 14.8 Å². The molecule has 0 amide bonds. The molecule has 18 heavy (non-hydrogen) atoms. The molecule has 0 saturated heterocycles. The van der Waals surface area contributed by atoms with Crippen LogP contribution in [0.5, 0.6) is 5.75 Å². The first kappa shape index (κ1) is 14.9. The lowest BCUT2D eigenvalue weighted by Gasteiger charge is -2.19. The Hall–Kier alpha value is -1.13. The van der Waals surface area contributed by atoms with Crippen molar-refractivity contribution in [1.82, 2.24) is 5.32 Å². The molecule has 3 nitrogen and oxygen atoms in total. The Morgan fingerprint density at radius 1 is 1.33 bits per heavy atom. The summed E-state index contributed by atoms with van der Waals surface area (Å²) in [4.78, 5) is 0. The first-order valence-electron chi connectivity index (χ1n) is 6.37. The first-order valence-corrected chi connectivity index (χ1v) is 6.37. The topological polar surface area (TPSA) is 30.5 Å². The van der Waals surface area contributed by atoms with Gasteiger partial charge in [-0.15, -0.1) is 0 Å². The highest BCUT2D eigenvalue weighted by Crippen LogP contribution is 2.23. The van der Waals surface area contributed by atoms with Gasteiger partial charge in [-0.3, -0.25) is 0 Å². The molecule has 0 aliphatic carbocycles. The van der Waals surface area contributed by atoms with Gasteiger partial charge in [0.1, 0.15) is 0 Å². The number of halogens is 1. The Labute approximate surface area is 108 Å². The fourth-order valence-electron chi connectivity index (χ4n) is 1.76. The minimum absolute atomic E-state index is 0.0658. The van der Waals surface area contributed by atoms with Crippen molar-refractivity contribution in [3.8, 4) is 5.75 Å². The fourth-order valence-corrected chi connectivity index (χ4v) is 1.76. The van der Waals surface area contributed by atoms with Crippen LogP contribution in [-0.4, -0.2) is 26.9 Å². The van der Waals surface area contributed by atoms with E-state index in [1.165, 1.54) is 13.2 Å². The molecule has 0 aliphatic heterocycles. The lowest BCUT2D eigenvalue weighted by atomic mass is 10.1. The Morgan fingerprint density at radius 3 is 2.72 bits per heavy atom. The number of methoxy groups -OCH3 is 1. The third-order valence-electron chi connectivity index (χ3n) is 2.66. The Bertz CT molecular complexity index is 358. The van der Waals surface area contributed by atoms with E-state index in [9.17, 15) is 4.39 Å². The number of likely N-dealkylation sites (N-methyl/N-ethyl adjacent to an activating group) is 1. The van der Waals surface area contributed by atoms with Crippen LogP contribution in [0.15, 0.2) is 18.2 Å². The normalized spacial score (nSPS) is 12.4. The molecule has 1 rings (SSSR count). The van der Waals surface area contributed by atoms with E-state index in [0.717, 1.165) is 25.1 Å². The van der Waals surface area contributed by atoms with Gasteiger partial charge in [-0.2, -0.15) is 0 Å². The molecule has 4 heteroatoms.